The molecule has 30 heavy (non-hydrogen) atoms. The number of benzene rings is 3. The number of amides is 4. The van der Waals surface area contributed by atoms with Crippen LogP contribution in [-0.2, 0) is 6.54 Å². The number of hydrogen-bond acceptors (Lipinski definition) is 3. The number of urea groups is 1. The minimum atomic E-state index is -0.325. The molecule has 3 aromatic rings. The summed E-state index contributed by atoms with van der Waals surface area (Å²) in [5.74, 6) is -0.649. The van der Waals surface area contributed by atoms with Gasteiger partial charge in [-0.25, -0.2) is 9.69 Å². The minimum Gasteiger partial charge on any atom is -0.334 e. The molecule has 0 aliphatic carbocycles. The average molecular weight is 399 g/mol. The molecule has 0 bridgehead atoms. The van der Waals surface area contributed by atoms with E-state index in [4.69, 9.17) is 0 Å². The lowest BCUT2D eigenvalue weighted by Crippen LogP contribution is -2.30. The lowest BCUT2D eigenvalue weighted by atomic mass is 10.1. The Labute approximate surface area is 174 Å². The van der Waals surface area contributed by atoms with Crippen LogP contribution in [0.2, 0.25) is 0 Å². The molecule has 0 atom stereocenters. The number of carbonyl (C=O) groups excluding carboxylic acids is 3. The van der Waals surface area contributed by atoms with E-state index in [0.717, 1.165) is 22.4 Å². The van der Waals surface area contributed by atoms with E-state index in [1.54, 1.807) is 48.5 Å². The van der Waals surface area contributed by atoms with E-state index in [0.29, 0.717) is 23.4 Å². The van der Waals surface area contributed by atoms with Gasteiger partial charge in [-0.2, -0.15) is 0 Å². The smallest absolute Gasteiger partial charge is 0.319 e. The molecule has 6 nitrogen and oxygen atoms in total. The number of carbonyl (C=O) groups is 3. The Kier molecular flexibility index (Phi) is 5.06. The molecule has 1 aliphatic heterocycles. The van der Waals surface area contributed by atoms with Crippen LogP contribution in [0.15, 0.2) is 66.7 Å². The molecule has 0 fully saturated rings. The highest BCUT2D eigenvalue weighted by Crippen LogP contribution is 2.28. The van der Waals surface area contributed by atoms with Gasteiger partial charge in [0.15, 0.2) is 0 Å². The predicted octanol–water partition coefficient (Wildman–Crippen LogP) is 4.43. The summed E-state index contributed by atoms with van der Waals surface area (Å²) in [5, 5.41) is 5.70. The van der Waals surface area contributed by atoms with E-state index in [-0.39, 0.29) is 17.8 Å². The number of rotatable bonds is 4. The van der Waals surface area contributed by atoms with Gasteiger partial charge >= 0.3 is 6.03 Å². The molecule has 1 aliphatic rings. The van der Waals surface area contributed by atoms with E-state index in [1.807, 2.05) is 32.0 Å². The average Bonchev–Trinajstić information content (AvgIpc) is 3.00. The molecule has 0 spiro atoms. The van der Waals surface area contributed by atoms with Crippen molar-refractivity contribution in [3.63, 3.8) is 0 Å². The summed E-state index contributed by atoms with van der Waals surface area (Å²) in [5.41, 5.74) is 4.98. The van der Waals surface area contributed by atoms with Gasteiger partial charge in [-0.1, -0.05) is 42.5 Å². The van der Waals surface area contributed by atoms with Gasteiger partial charge in [0, 0.05) is 12.2 Å². The number of fused-ring (bicyclic) bond motifs is 1. The zero-order chi connectivity index (χ0) is 21.3. The van der Waals surface area contributed by atoms with Crippen molar-refractivity contribution in [2.75, 3.05) is 10.2 Å². The third-order valence-electron chi connectivity index (χ3n) is 5.16. The van der Waals surface area contributed by atoms with Crippen molar-refractivity contribution in [3.05, 3.63) is 94.5 Å². The Morgan fingerprint density at radius 3 is 1.93 bits per heavy atom. The normalized spacial score (nSPS) is 12.7. The van der Waals surface area contributed by atoms with Crippen LogP contribution in [0, 0.1) is 13.8 Å². The summed E-state index contributed by atoms with van der Waals surface area (Å²) in [6.07, 6.45) is 0. The molecule has 0 radical (unpaired) electrons. The van der Waals surface area contributed by atoms with Crippen molar-refractivity contribution >= 4 is 29.2 Å². The quantitative estimate of drug-likeness (QED) is 0.637. The van der Waals surface area contributed by atoms with Crippen LogP contribution >= 0.6 is 0 Å². The lowest BCUT2D eigenvalue weighted by molar-refractivity contribution is 0.0926. The predicted molar refractivity (Wildman–Crippen MR) is 116 cm³/mol. The maximum absolute atomic E-state index is 12.6. The van der Waals surface area contributed by atoms with Crippen LogP contribution in [0.3, 0.4) is 0 Å². The highest BCUT2D eigenvalue weighted by Gasteiger charge is 2.36. The number of imide groups is 1. The Hall–Kier alpha value is -3.93. The molecule has 0 unspecified atom stereocenters. The third-order valence-corrected chi connectivity index (χ3v) is 5.16. The van der Waals surface area contributed by atoms with Gasteiger partial charge in [-0.15, -0.1) is 0 Å². The first-order valence-corrected chi connectivity index (χ1v) is 9.63. The molecule has 0 aromatic heterocycles. The Bertz CT molecular complexity index is 1100. The van der Waals surface area contributed by atoms with Crippen molar-refractivity contribution in [2.45, 2.75) is 20.4 Å². The summed E-state index contributed by atoms with van der Waals surface area (Å²) in [7, 11) is 0. The SMILES string of the molecule is Cc1cccc(C)c1NC(=O)NCc1ccc(N2C(=O)c3ccccc3C2=O)cc1. The number of nitrogens with zero attached hydrogens (tertiary/aromatic N) is 1. The molecular weight excluding hydrogens is 378 g/mol. The van der Waals surface area contributed by atoms with Gasteiger partial charge in [0.2, 0.25) is 0 Å². The van der Waals surface area contributed by atoms with Gasteiger partial charge in [-0.3, -0.25) is 9.59 Å². The number of para-hydroxylation sites is 1. The minimum absolute atomic E-state index is 0.295. The first kappa shape index (κ1) is 19.4. The Morgan fingerprint density at radius 2 is 1.37 bits per heavy atom. The number of hydrogen-bond donors (Lipinski definition) is 2. The zero-order valence-electron chi connectivity index (χ0n) is 16.7. The Balaban J connectivity index is 1.41. The molecule has 0 saturated carbocycles. The van der Waals surface area contributed by atoms with Gasteiger partial charge in [0.05, 0.1) is 16.8 Å². The van der Waals surface area contributed by atoms with Crippen LogP contribution in [0.5, 0.6) is 0 Å². The summed E-state index contributed by atoms with van der Waals surface area (Å²) in [6, 6.07) is 19.3. The van der Waals surface area contributed by atoms with E-state index >= 15 is 0 Å². The second-order valence-electron chi connectivity index (χ2n) is 7.23. The second kappa shape index (κ2) is 7.83. The van der Waals surface area contributed by atoms with Crippen LogP contribution in [-0.4, -0.2) is 17.8 Å². The topological polar surface area (TPSA) is 78.5 Å². The molecule has 4 rings (SSSR count). The van der Waals surface area contributed by atoms with Crippen LogP contribution in [0.25, 0.3) is 0 Å². The van der Waals surface area contributed by atoms with E-state index in [2.05, 4.69) is 10.6 Å². The molecule has 0 saturated heterocycles. The molecular formula is C24H21N3O3. The maximum atomic E-state index is 12.6. The molecule has 6 heteroatoms. The van der Waals surface area contributed by atoms with Crippen molar-refractivity contribution < 1.29 is 14.4 Å². The molecule has 150 valence electrons. The van der Waals surface area contributed by atoms with Crippen LogP contribution < -0.4 is 15.5 Å². The monoisotopic (exact) mass is 399 g/mol. The van der Waals surface area contributed by atoms with Gasteiger partial charge in [0.25, 0.3) is 11.8 Å². The van der Waals surface area contributed by atoms with Crippen molar-refractivity contribution in [1.29, 1.82) is 0 Å². The first-order valence-electron chi connectivity index (χ1n) is 9.63. The van der Waals surface area contributed by atoms with Crippen LogP contribution in [0.4, 0.5) is 16.2 Å². The van der Waals surface area contributed by atoms with Crippen molar-refractivity contribution in [2.24, 2.45) is 0 Å². The van der Waals surface area contributed by atoms with Crippen molar-refractivity contribution in [1.82, 2.24) is 5.32 Å². The largest absolute Gasteiger partial charge is 0.334 e. The summed E-state index contributed by atoms with van der Waals surface area (Å²) in [6.45, 7) is 4.21. The fraction of sp³-hybridized carbons (Fsp3) is 0.125. The maximum Gasteiger partial charge on any atom is 0.319 e. The number of anilines is 2. The third kappa shape index (κ3) is 3.55. The number of aryl methyl sites for hydroxylation is 2. The van der Waals surface area contributed by atoms with E-state index in [1.165, 1.54) is 4.90 Å². The number of nitrogens with one attached hydrogen (secondary N) is 2. The first-order chi connectivity index (χ1) is 14.5. The highest BCUT2D eigenvalue weighted by atomic mass is 16.2. The summed E-state index contributed by atoms with van der Waals surface area (Å²) < 4.78 is 0. The second-order valence-corrected chi connectivity index (χ2v) is 7.23. The summed E-state index contributed by atoms with van der Waals surface area (Å²) >= 11 is 0. The van der Waals surface area contributed by atoms with Gasteiger partial charge in [0.1, 0.15) is 0 Å². The zero-order valence-corrected chi connectivity index (χ0v) is 16.7. The molecule has 4 amide bonds. The van der Waals surface area contributed by atoms with E-state index < -0.39 is 0 Å². The Morgan fingerprint density at radius 1 is 0.800 bits per heavy atom. The van der Waals surface area contributed by atoms with E-state index in [9.17, 15) is 14.4 Å². The highest BCUT2D eigenvalue weighted by molar-refractivity contribution is 6.34. The van der Waals surface area contributed by atoms with Gasteiger partial charge < -0.3 is 10.6 Å². The van der Waals surface area contributed by atoms with Gasteiger partial charge in [-0.05, 0) is 54.8 Å². The fourth-order valence-electron chi connectivity index (χ4n) is 3.54. The van der Waals surface area contributed by atoms with Crippen molar-refractivity contribution in [3.8, 4) is 0 Å². The molecule has 2 N–H and O–H groups in total. The molecule has 3 aromatic carbocycles. The molecule has 1 heterocycles. The van der Waals surface area contributed by atoms with Crippen LogP contribution in [0.1, 0.15) is 37.4 Å². The standard InChI is InChI=1S/C24H21N3O3/c1-15-6-5-7-16(2)21(15)26-24(30)25-14-17-10-12-18(13-11-17)27-22(28)19-8-3-4-9-20(19)23(27)29/h3-13H,14H2,1-2H3,(H2,25,26,30). The lowest BCUT2D eigenvalue weighted by Gasteiger charge is -2.15. The fourth-order valence-corrected chi connectivity index (χ4v) is 3.54. The summed E-state index contributed by atoms with van der Waals surface area (Å²) in [4.78, 5) is 38.6.